The predicted molar refractivity (Wildman–Crippen MR) is 114 cm³/mol. The van der Waals surface area contributed by atoms with E-state index in [4.69, 9.17) is 5.26 Å². The second-order valence-corrected chi connectivity index (χ2v) is 9.68. The third-order valence-corrected chi connectivity index (χ3v) is 7.73. The fourth-order valence-corrected chi connectivity index (χ4v) is 5.78. The zero-order valence-corrected chi connectivity index (χ0v) is 18.6. The number of nitriles is 1. The highest BCUT2D eigenvalue weighted by Gasteiger charge is 2.28. The standard InChI is InChI=1S/C20H23N3O5S2/c1-4-6-9-23(5-2)30(27,28)18-11-17(29-13(18)3)19(24)22-16-8-7-14(12-21)10-15(16)20(25)26/h7-8,10-11H,4-6,9H2,1-3H3,(H,22,24)(H,25,26). The van der Waals surface area contributed by atoms with E-state index < -0.39 is 21.9 Å². The van der Waals surface area contributed by atoms with Gasteiger partial charge in [0.05, 0.1) is 32.7 Å². The number of anilines is 1. The molecule has 30 heavy (non-hydrogen) atoms. The molecule has 0 radical (unpaired) electrons. The third kappa shape index (κ3) is 5.05. The minimum absolute atomic E-state index is 0.0279. The van der Waals surface area contributed by atoms with Crippen LogP contribution in [0.3, 0.4) is 0 Å². The minimum Gasteiger partial charge on any atom is -0.478 e. The number of carbonyl (C=O) groups excluding carboxylic acids is 1. The van der Waals surface area contributed by atoms with E-state index in [1.807, 2.05) is 13.0 Å². The Kier molecular flexibility index (Phi) is 7.72. The van der Waals surface area contributed by atoms with Crippen LogP contribution in [0.15, 0.2) is 29.2 Å². The molecular weight excluding hydrogens is 426 g/mol. The highest BCUT2D eigenvalue weighted by atomic mass is 32.2. The molecule has 0 aliphatic carbocycles. The molecule has 0 spiro atoms. The van der Waals surface area contributed by atoms with Crippen LogP contribution >= 0.6 is 11.3 Å². The number of nitrogens with zero attached hydrogens (tertiary/aromatic N) is 2. The van der Waals surface area contributed by atoms with Crippen LogP contribution in [0.4, 0.5) is 5.69 Å². The van der Waals surface area contributed by atoms with E-state index in [-0.39, 0.29) is 26.6 Å². The summed E-state index contributed by atoms with van der Waals surface area (Å²) in [4.78, 5) is 24.8. The topological polar surface area (TPSA) is 128 Å². The van der Waals surface area contributed by atoms with E-state index in [2.05, 4.69) is 5.32 Å². The number of carbonyl (C=O) groups is 2. The number of benzene rings is 1. The van der Waals surface area contributed by atoms with Crippen LogP contribution in [0, 0.1) is 18.3 Å². The minimum atomic E-state index is -3.74. The average Bonchev–Trinajstić information content (AvgIpc) is 3.11. The van der Waals surface area contributed by atoms with Gasteiger partial charge in [-0.15, -0.1) is 11.3 Å². The molecule has 1 aromatic heterocycles. The molecule has 0 saturated heterocycles. The molecule has 2 aromatic rings. The van der Waals surface area contributed by atoms with E-state index in [9.17, 15) is 23.1 Å². The summed E-state index contributed by atoms with van der Waals surface area (Å²) in [6.07, 6.45) is 1.60. The summed E-state index contributed by atoms with van der Waals surface area (Å²) in [7, 11) is -3.74. The molecule has 10 heteroatoms. The largest absolute Gasteiger partial charge is 0.478 e. The van der Waals surface area contributed by atoms with Crippen LogP contribution in [0.2, 0.25) is 0 Å². The lowest BCUT2D eigenvalue weighted by Gasteiger charge is -2.19. The molecule has 0 unspecified atom stereocenters. The van der Waals surface area contributed by atoms with Crippen molar-refractivity contribution in [1.29, 1.82) is 5.26 Å². The second kappa shape index (κ2) is 9.84. The van der Waals surface area contributed by atoms with Gasteiger partial charge in [0.25, 0.3) is 5.91 Å². The van der Waals surface area contributed by atoms with Crippen LogP contribution in [-0.2, 0) is 10.0 Å². The number of sulfonamides is 1. The van der Waals surface area contributed by atoms with E-state index in [1.54, 1.807) is 13.8 Å². The molecule has 0 saturated carbocycles. The Morgan fingerprint density at radius 1 is 1.27 bits per heavy atom. The van der Waals surface area contributed by atoms with Crippen LogP contribution < -0.4 is 5.32 Å². The van der Waals surface area contributed by atoms with E-state index in [1.165, 1.54) is 28.6 Å². The number of rotatable bonds is 9. The zero-order valence-electron chi connectivity index (χ0n) is 16.9. The molecule has 1 heterocycles. The van der Waals surface area contributed by atoms with E-state index in [0.29, 0.717) is 18.0 Å². The summed E-state index contributed by atoms with van der Waals surface area (Å²) in [5, 5.41) is 20.8. The van der Waals surface area contributed by atoms with Gasteiger partial charge in [0, 0.05) is 18.0 Å². The van der Waals surface area contributed by atoms with Gasteiger partial charge in [0.15, 0.2) is 0 Å². The third-order valence-electron chi connectivity index (χ3n) is 4.45. The van der Waals surface area contributed by atoms with Gasteiger partial charge in [0.2, 0.25) is 10.0 Å². The quantitative estimate of drug-likeness (QED) is 0.601. The van der Waals surface area contributed by atoms with Gasteiger partial charge in [-0.25, -0.2) is 13.2 Å². The van der Waals surface area contributed by atoms with Gasteiger partial charge >= 0.3 is 5.97 Å². The summed E-state index contributed by atoms with van der Waals surface area (Å²) in [6, 6.07) is 7.07. The Bertz CT molecular complexity index is 1100. The number of nitrogens with one attached hydrogen (secondary N) is 1. The van der Waals surface area contributed by atoms with Crippen molar-refractivity contribution >= 4 is 38.9 Å². The Labute approximate surface area is 179 Å². The highest BCUT2D eigenvalue weighted by Crippen LogP contribution is 2.29. The first kappa shape index (κ1) is 23.5. The Morgan fingerprint density at radius 2 is 1.97 bits per heavy atom. The van der Waals surface area contributed by atoms with Crippen LogP contribution in [0.5, 0.6) is 0 Å². The molecule has 8 nitrogen and oxygen atoms in total. The van der Waals surface area contributed by atoms with Crippen molar-refractivity contribution in [2.45, 2.75) is 38.5 Å². The van der Waals surface area contributed by atoms with Crippen molar-refractivity contribution in [1.82, 2.24) is 4.31 Å². The summed E-state index contributed by atoms with van der Waals surface area (Å²) in [5.74, 6) is -1.91. The molecular formula is C20H23N3O5S2. The number of carboxylic acids is 1. The van der Waals surface area contributed by atoms with E-state index in [0.717, 1.165) is 24.2 Å². The van der Waals surface area contributed by atoms with Crippen LogP contribution in [-0.4, -0.2) is 42.8 Å². The van der Waals surface area contributed by atoms with Gasteiger partial charge < -0.3 is 10.4 Å². The molecule has 0 aliphatic rings. The lowest BCUT2D eigenvalue weighted by Crippen LogP contribution is -2.32. The van der Waals surface area contributed by atoms with Crippen LogP contribution in [0.1, 0.15) is 57.2 Å². The molecule has 1 amide bonds. The normalized spacial score (nSPS) is 11.3. The van der Waals surface area contributed by atoms with Crippen molar-refractivity contribution in [3.63, 3.8) is 0 Å². The number of carboxylic acid groups (broad SMARTS) is 1. The molecule has 2 rings (SSSR count). The fraction of sp³-hybridized carbons (Fsp3) is 0.350. The van der Waals surface area contributed by atoms with Crippen molar-refractivity contribution < 1.29 is 23.1 Å². The average molecular weight is 450 g/mol. The summed E-state index contributed by atoms with van der Waals surface area (Å²) < 4.78 is 27.4. The lowest BCUT2D eigenvalue weighted by molar-refractivity contribution is 0.0698. The molecule has 0 atom stereocenters. The maximum atomic E-state index is 13.0. The van der Waals surface area contributed by atoms with Crippen molar-refractivity contribution in [3.8, 4) is 6.07 Å². The van der Waals surface area contributed by atoms with Gasteiger partial charge in [0.1, 0.15) is 0 Å². The number of hydrogen-bond acceptors (Lipinski definition) is 6. The predicted octanol–water partition coefficient (Wildman–Crippen LogP) is 3.69. The first-order valence-corrected chi connectivity index (χ1v) is 11.6. The number of aryl methyl sites for hydroxylation is 1. The first-order chi connectivity index (χ1) is 14.1. The summed E-state index contributed by atoms with van der Waals surface area (Å²) in [5.41, 5.74) is -0.0437. The maximum Gasteiger partial charge on any atom is 0.337 e. The van der Waals surface area contributed by atoms with Crippen molar-refractivity contribution in [2.24, 2.45) is 0 Å². The Morgan fingerprint density at radius 3 is 2.53 bits per heavy atom. The number of unbranched alkanes of at least 4 members (excludes halogenated alkanes) is 1. The highest BCUT2D eigenvalue weighted by molar-refractivity contribution is 7.89. The number of aromatic carboxylic acids is 1. The van der Waals surface area contributed by atoms with Gasteiger partial charge in [-0.2, -0.15) is 9.57 Å². The molecule has 0 bridgehead atoms. The Balaban J connectivity index is 2.34. The number of hydrogen-bond donors (Lipinski definition) is 2. The lowest BCUT2D eigenvalue weighted by atomic mass is 10.1. The second-order valence-electron chi connectivity index (χ2n) is 6.51. The van der Waals surface area contributed by atoms with Crippen molar-refractivity contribution in [3.05, 3.63) is 45.1 Å². The van der Waals surface area contributed by atoms with Gasteiger partial charge in [-0.1, -0.05) is 20.3 Å². The van der Waals surface area contributed by atoms with Crippen LogP contribution in [0.25, 0.3) is 0 Å². The molecule has 0 aliphatic heterocycles. The monoisotopic (exact) mass is 449 g/mol. The molecule has 1 aromatic carbocycles. The number of amides is 1. The zero-order chi connectivity index (χ0) is 22.5. The number of thiophene rings is 1. The molecule has 2 N–H and O–H groups in total. The maximum absolute atomic E-state index is 13.0. The van der Waals surface area contributed by atoms with Gasteiger partial charge in [-0.05, 0) is 37.6 Å². The molecule has 0 fully saturated rings. The van der Waals surface area contributed by atoms with E-state index >= 15 is 0 Å². The summed E-state index contributed by atoms with van der Waals surface area (Å²) >= 11 is 1.02. The summed E-state index contributed by atoms with van der Waals surface area (Å²) in [6.45, 7) is 6.10. The smallest absolute Gasteiger partial charge is 0.337 e. The first-order valence-electron chi connectivity index (χ1n) is 9.35. The van der Waals surface area contributed by atoms with Crippen molar-refractivity contribution in [2.75, 3.05) is 18.4 Å². The molecule has 160 valence electrons. The SMILES string of the molecule is CCCCN(CC)S(=O)(=O)c1cc(C(=O)Nc2ccc(C#N)cc2C(=O)O)sc1C. The van der Waals surface area contributed by atoms with Gasteiger partial charge in [-0.3, -0.25) is 4.79 Å². The Hall–Kier alpha value is -2.74. The fourth-order valence-electron chi connectivity index (χ4n) is 2.84.